The molecule has 0 saturated heterocycles. The van der Waals surface area contributed by atoms with E-state index < -0.39 is 12.7 Å². The third-order valence-electron chi connectivity index (χ3n) is 4.50. The summed E-state index contributed by atoms with van der Waals surface area (Å²) in [5, 5.41) is 13.9. The summed E-state index contributed by atoms with van der Waals surface area (Å²) in [5.74, 6) is 0.148. The summed E-state index contributed by atoms with van der Waals surface area (Å²) in [6.45, 7) is -0.768. The van der Waals surface area contributed by atoms with E-state index in [0.29, 0.717) is 6.42 Å². The molecule has 3 atom stereocenters. The smallest absolute Gasteiger partial charge is 0.387 e. The van der Waals surface area contributed by atoms with Crippen molar-refractivity contribution in [3.05, 3.63) is 65.2 Å². The largest absolute Gasteiger partial charge is 0.435 e. The number of hydrogen-bond donors (Lipinski definition) is 2. The van der Waals surface area contributed by atoms with Gasteiger partial charge in [0.05, 0.1) is 12.1 Å². The lowest BCUT2D eigenvalue weighted by molar-refractivity contribution is -0.0498. The third kappa shape index (κ3) is 3.57. The Morgan fingerprint density at radius 3 is 2.54 bits per heavy atom. The summed E-state index contributed by atoms with van der Waals surface area (Å²) < 4.78 is 28.9. The number of benzene rings is 2. The normalized spacial score (nSPS) is 20.9. The maximum Gasteiger partial charge on any atom is 0.387 e. The van der Waals surface area contributed by atoms with Crippen molar-refractivity contribution in [2.45, 2.75) is 44.6 Å². The van der Waals surface area contributed by atoms with Crippen LogP contribution in [-0.4, -0.2) is 17.8 Å². The van der Waals surface area contributed by atoms with Crippen molar-refractivity contribution >= 4 is 0 Å². The van der Waals surface area contributed by atoms with Crippen LogP contribution in [-0.2, 0) is 6.42 Å². The molecule has 24 heavy (non-hydrogen) atoms. The monoisotopic (exact) mass is 333 g/mol. The Hall–Kier alpha value is -1.98. The minimum absolute atomic E-state index is 0.0245. The fourth-order valence-corrected chi connectivity index (χ4v) is 3.32. The Kier molecular flexibility index (Phi) is 5.11. The molecule has 0 fully saturated rings. The van der Waals surface area contributed by atoms with E-state index in [2.05, 4.69) is 17.0 Å². The van der Waals surface area contributed by atoms with E-state index in [0.717, 1.165) is 23.1 Å². The molecule has 0 radical (unpaired) electrons. The molecule has 128 valence electrons. The first kappa shape index (κ1) is 16.9. The molecule has 0 spiro atoms. The van der Waals surface area contributed by atoms with Crippen LogP contribution in [0.15, 0.2) is 48.5 Å². The predicted octanol–water partition coefficient (Wildman–Crippen LogP) is 3.99. The average Bonchev–Trinajstić information content (AvgIpc) is 2.88. The number of alkyl halides is 2. The molecular formula is C19H21F2NO2. The highest BCUT2D eigenvalue weighted by atomic mass is 19.3. The number of hydrogen-bond acceptors (Lipinski definition) is 3. The maximum absolute atomic E-state index is 12.2. The number of halogens is 2. The van der Waals surface area contributed by atoms with E-state index in [-0.39, 0.29) is 17.8 Å². The van der Waals surface area contributed by atoms with E-state index in [1.165, 1.54) is 0 Å². The van der Waals surface area contributed by atoms with Crippen molar-refractivity contribution in [3.63, 3.8) is 0 Å². The summed E-state index contributed by atoms with van der Waals surface area (Å²) in [4.78, 5) is 0. The number of nitrogens with one attached hydrogen (secondary N) is 1. The number of rotatable bonds is 6. The zero-order valence-electron chi connectivity index (χ0n) is 13.5. The van der Waals surface area contributed by atoms with Gasteiger partial charge in [-0.15, -0.1) is 0 Å². The van der Waals surface area contributed by atoms with Crippen molar-refractivity contribution in [2.75, 3.05) is 0 Å². The minimum atomic E-state index is -2.82. The van der Waals surface area contributed by atoms with Crippen LogP contribution in [0.25, 0.3) is 0 Å². The molecule has 0 aromatic heterocycles. The van der Waals surface area contributed by atoms with Gasteiger partial charge in [0.25, 0.3) is 0 Å². The Morgan fingerprint density at radius 2 is 1.88 bits per heavy atom. The first-order valence-corrected chi connectivity index (χ1v) is 8.15. The second-order valence-corrected chi connectivity index (χ2v) is 6.02. The highest BCUT2D eigenvalue weighted by Crippen LogP contribution is 2.34. The molecule has 0 saturated carbocycles. The molecule has 1 aliphatic carbocycles. The lowest BCUT2D eigenvalue weighted by Crippen LogP contribution is -2.32. The summed E-state index contributed by atoms with van der Waals surface area (Å²) in [6.07, 6.45) is 1.00. The number of aliphatic hydroxyl groups is 1. The number of aliphatic hydroxyl groups excluding tert-OH is 1. The molecule has 1 aliphatic rings. The average molecular weight is 333 g/mol. The van der Waals surface area contributed by atoms with Crippen molar-refractivity contribution in [1.82, 2.24) is 5.32 Å². The van der Waals surface area contributed by atoms with Gasteiger partial charge in [0.15, 0.2) is 0 Å². The summed E-state index contributed by atoms with van der Waals surface area (Å²) in [5.41, 5.74) is 3.27. The second kappa shape index (κ2) is 7.28. The molecule has 0 aliphatic heterocycles. The van der Waals surface area contributed by atoms with Crippen LogP contribution in [0.4, 0.5) is 8.78 Å². The zero-order valence-corrected chi connectivity index (χ0v) is 13.5. The van der Waals surface area contributed by atoms with E-state index >= 15 is 0 Å². The fourth-order valence-electron chi connectivity index (χ4n) is 3.32. The van der Waals surface area contributed by atoms with Gasteiger partial charge in [-0.1, -0.05) is 43.3 Å². The predicted molar refractivity (Wildman–Crippen MR) is 88.1 cm³/mol. The molecule has 0 amide bonds. The zero-order chi connectivity index (χ0) is 17.1. The molecule has 3 nitrogen and oxygen atoms in total. The Morgan fingerprint density at radius 1 is 1.17 bits per heavy atom. The topological polar surface area (TPSA) is 41.5 Å². The molecule has 2 aromatic carbocycles. The van der Waals surface area contributed by atoms with E-state index in [1.807, 2.05) is 24.3 Å². The molecule has 3 unspecified atom stereocenters. The summed E-state index contributed by atoms with van der Waals surface area (Å²) in [7, 11) is 0. The molecule has 2 N–H and O–H groups in total. The Balaban J connectivity index is 1.75. The van der Waals surface area contributed by atoms with Crippen molar-refractivity contribution < 1.29 is 18.6 Å². The van der Waals surface area contributed by atoms with Gasteiger partial charge in [0.2, 0.25) is 0 Å². The summed E-state index contributed by atoms with van der Waals surface area (Å²) in [6, 6.07) is 14.6. The van der Waals surface area contributed by atoms with Crippen molar-refractivity contribution in [1.29, 1.82) is 0 Å². The maximum atomic E-state index is 12.2. The lowest BCUT2D eigenvalue weighted by Gasteiger charge is -2.25. The van der Waals surface area contributed by atoms with E-state index in [1.54, 1.807) is 24.3 Å². The fraction of sp³-hybridized carbons (Fsp3) is 0.368. The van der Waals surface area contributed by atoms with Gasteiger partial charge in [0.1, 0.15) is 5.75 Å². The molecule has 5 heteroatoms. The van der Waals surface area contributed by atoms with Crippen LogP contribution < -0.4 is 10.1 Å². The standard InChI is InChI=1S/C19H21F2NO2/c1-2-16(12-7-9-14(10-8-12)24-19(20)21)22-18-15-6-4-3-5-13(15)11-17(18)23/h3-10,16-19,22-23H,2,11H2,1H3. The minimum Gasteiger partial charge on any atom is -0.435 e. The molecule has 0 bridgehead atoms. The van der Waals surface area contributed by atoms with Crippen molar-refractivity contribution in [2.24, 2.45) is 0 Å². The molecule has 3 rings (SSSR count). The van der Waals surface area contributed by atoms with Gasteiger partial charge >= 0.3 is 6.61 Å². The quantitative estimate of drug-likeness (QED) is 0.840. The van der Waals surface area contributed by atoms with Gasteiger partial charge in [-0.2, -0.15) is 8.78 Å². The van der Waals surface area contributed by atoms with E-state index in [9.17, 15) is 13.9 Å². The van der Waals surface area contributed by atoms with Crippen LogP contribution in [0.3, 0.4) is 0 Å². The van der Waals surface area contributed by atoms with Gasteiger partial charge in [0, 0.05) is 12.5 Å². The Bertz CT molecular complexity index is 675. The molecule has 0 heterocycles. The van der Waals surface area contributed by atoms with Crippen LogP contribution in [0, 0.1) is 0 Å². The molecule has 2 aromatic rings. The highest BCUT2D eigenvalue weighted by molar-refractivity contribution is 5.37. The van der Waals surface area contributed by atoms with Gasteiger partial charge in [-0.3, -0.25) is 0 Å². The van der Waals surface area contributed by atoms with Gasteiger partial charge < -0.3 is 15.2 Å². The van der Waals surface area contributed by atoms with Crippen LogP contribution in [0.2, 0.25) is 0 Å². The van der Waals surface area contributed by atoms with Crippen LogP contribution in [0.5, 0.6) is 5.75 Å². The Labute approximate surface area is 140 Å². The van der Waals surface area contributed by atoms with Crippen LogP contribution in [0.1, 0.15) is 42.1 Å². The number of ether oxygens (including phenoxy) is 1. The molecular weight excluding hydrogens is 312 g/mol. The van der Waals surface area contributed by atoms with E-state index in [4.69, 9.17) is 0 Å². The third-order valence-corrected chi connectivity index (χ3v) is 4.50. The van der Waals surface area contributed by atoms with Crippen molar-refractivity contribution in [3.8, 4) is 5.75 Å². The lowest BCUT2D eigenvalue weighted by atomic mass is 10.0. The van der Waals surface area contributed by atoms with Crippen LogP contribution >= 0.6 is 0 Å². The van der Waals surface area contributed by atoms with Gasteiger partial charge in [-0.05, 0) is 35.2 Å². The summed E-state index contributed by atoms with van der Waals surface area (Å²) >= 11 is 0. The number of fused-ring (bicyclic) bond motifs is 1. The highest BCUT2D eigenvalue weighted by Gasteiger charge is 2.32. The first-order valence-electron chi connectivity index (χ1n) is 8.15. The van der Waals surface area contributed by atoms with Gasteiger partial charge in [-0.25, -0.2) is 0 Å². The SMILES string of the molecule is CCC(NC1c2ccccc2CC1O)c1ccc(OC(F)F)cc1. The first-order chi connectivity index (χ1) is 11.6. The second-order valence-electron chi connectivity index (χ2n) is 6.02.